The molecule has 0 aliphatic carbocycles. The second-order valence-electron chi connectivity index (χ2n) is 8.36. The summed E-state index contributed by atoms with van der Waals surface area (Å²) >= 11 is 0. The fraction of sp³-hybridized carbons (Fsp3) is 0.379. The van der Waals surface area contributed by atoms with Gasteiger partial charge in [-0.15, -0.1) is 0 Å². The lowest BCUT2D eigenvalue weighted by Gasteiger charge is -2.30. The zero-order valence-corrected chi connectivity index (χ0v) is 19.9. The molecule has 0 aliphatic rings. The lowest BCUT2D eigenvalue weighted by atomic mass is 9.75. The van der Waals surface area contributed by atoms with Gasteiger partial charge >= 0.3 is 0 Å². The minimum absolute atomic E-state index is 0.0920. The van der Waals surface area contributed by atoms with Crippen molar-refractivity contribution in [2.24, 2.45) is 0 Å². The van der Waals surface area contributed by atoms with Crippen molar-refractivity contribution in [1.82, 2.24) is 0 Å². The van der Waals surface area contributed by atoms with Crippen LogP contribution in [0.15, 0.2) is 72.8 Å². The minimum Gasteiger partial charge on any atom is -0.490 e. The second-order valence-corrected chi connectivity index (χ2v) is 8.36. The number of hydrogen-bond acceptors (Lipinski definition) is 3. The molecule has 0 amide bonds. The van der Waals surface area contributed by atoms with E-state index in [-0.39, 0.29) is 5.41 Å². The molecular formula is C29H36O3. The van der Waals surface area contributed by atoms with E-state index in [1.807, 2.05) is 50.2 Å². The number of rotatable bonds is 12. The van der Waals surface area contributed by atoms with Gasteiger partial charge in [0.2, 0.25) is 0 Å². The molecule has 0 aliphatic heterocycles. The van der Waals surface area contributed by atoms with Gasteiger partial charge in [-0.25, -0.2) is 0 Å². The second kappa shape index (κ2) is 11.6. The van der Waals surface area contributed by atoms with Crippen LogP contribution in [-0.2, 0) is 11.8 Å². The summed E-state index contributed by atoms with van der Waals surface area (Å²) in [6.07, 6.45) is 4.31. The van der Waals surface area contributed by atoms with E-state index in [2.05, 4.69) is 50.2 Å². The summed E-state index contributed by atoms with van der Waals surface area (Å²) in [4.78, 5) is 0. The Kier molecular flexibility index (Phi) is 8.61. The lowest BCUT2D eigenvalue weighted by Crippen LogP contribution is -2.21. The van der Waals surface area contributed by atoms with Gasteiger partial charge in [-0.1, -0.05) is 50.2 Å². The van der Waals surface area contributed by atoms with Gasteiger partial charge in [0, 0.05) is 0 Å². The molecule has 3 heteroatoms. The molecule has 0 fully saturated rings. The number of benzene rings is 3. The smallest absolute Gasteiger partial charge is 0.161 e. The zero-order chi connectivity index (χ0) is 22.8. The Balaban J connectivity index is 1.66. The summed E-state index contributed by atoms with van der Waals surface area (Å²) in [5.41, 5.74) is 2.71. The monoisotopic (exact) mass is 432 g/mol. The topological polar surface area (TPSA) is 27.7 Å². The van der Waals surface area contributed by atoms with Crippen LogP contribution in [0.1, 0.15) is 58.1 Å². The fourth-order valence-corrected chi connectivity index (χ4v) is 4.02. The van der Waals surface area contributed by atoms with E-state index >= 15 is 0 Å². The van der Waals surface area contributed by atoms with E-state index in [1.165, 1.54) is 11.1 Å². The summed E-state index contributed by atoms with van der Waals surface area (Å²) in [5, 5.41) is 0. The van der Waals surface area contributed by atoms with Crippen molar-refractivity contribution in [3.63, 3.8) is 0 Å². The number of hydrogen-bond donors (Lipinski definition) is 0. The van der Waals surface area contributed by atoms with Gasteiger partial charge in [-0.05, 0) is 92.5 Å². The van der Waals surface area contributed by atoms with Gasteiger partial charge in [-0.2, -0.15) is 0 Å². The first-order chi connectivity index (χ1) is 15.6. The molecule has 0 N–H and O–H groups in total. The van der Waals surface area contributed by atoms with Crippen molar-refractivity contribution < 1.29 is 14.2 Å². The van der Waals surface area contributed by atoms with E-state index < -0.39 is 0 Å². The molecule has 170 valence electrons. The average Bonchev–Trinajstić information content (AvgIpc) is 2.81. The number of aryl methyl sites for hydroxylation is 1. The average molecular weight is 433 g/mol. The zero-order valence-electron chi connectivity index (χ0n) is 19.9. The normalized spacial score (nSPS) is 12.8. The van der Waals surface area contributed by atoms with Crippen molar-refractivity contribution in [3.05, 3.63) is 83.9 Å². The predicted molar refractivity (Wildman–Crippen MR) is 132 cm³/mol. The Morgan fingerprint density at radius 1 is 0.719 bits per heavy atom. The van der Waals surface area contributed by atoms with Crippen LogP contribution in [0.2, 0.25) is 0 Å². The van der Waals surface area contributed by atoms with Crippen molar-refractivity contribution in [3.8, 4) is 23.0 Å². The first kappa shape index (κ1) is 23.7. The third kappa shape index (κ3) is 6.29. The van der Waals surface area contributed by atoms with Crippen LogP contribution in [0, 0.1) is 0 Å². The van der Waals surface area contributed by atoms with Crippen molar-refractivity contribution in [2.75, 3.05) is 13.2 Å². The summed E-state index contributed by atoms with van der Waals surface area (Å²) in [7, 11) is 0. The van der Waals surface area contributed by atoms with Crippen LogP contribution >= 0.6 is 0 Å². The molecule has 1 unspecified atom stereocenters. The van der Waals surface area contributed by atoms with E-state index in [0.717, 1.165) is 48.7 Å². The molecule has 0 spiro atoms. The highest BCUT2D eigenvalue weighted by Gasteiger charge is 2.25. The highest BCUT2D eigenvalue weighted by molar-refractivity contribution is 5.45. The minimum atomic E-state index is 0.0920. The van der Waals surface area contributed by atoms with Gasteiger partial charge in [0.15, 0.2) is 11.5 Å². The molecule has 32 heavy (non-hydrogen) atoms. The Labute approximate surface area is 193 Å². The highest BCUT2D eigenvalue weighted by atomic mass is 16.5. The first-order valence-corrected chi connectivity index (χ1v) is 11.8. The molecule has 3 aromatic carbocycles. The van der Waals surface area contributed by atoms with Gasteiger partial charge in [0.1, 0.15) is 11.5 Å². The number of para-hydroxylation sites is 1. The fourth-order valence-electron chi connectivity index (χ4n) is 4.02. The van der Waals surface area contributed by atoms with E-state index in [4.69, 9.17) is 14.2 Å². The van der Waals surface area contributed by atoms with E-state index in [9.17, 15) is 0 Å². The van der Waals surface area contributed by atoms with Gasteiger partial charge < -0.3 is 14.2 Å². The first-order valence-electron chi connectivity index (χ1n) is 11.8. The quantitative estimate of drug-likeness (QED) is 0.290. The molecule has 1 atom stereocenters. The maximum absolute atomic E-state index is 6.00. The summed E-state index contributed by atoms with van der Waals surface area (Å²) in [6, 6.07) is 24.8. The van der Waals surface area contributed by atoms with Gasteiger partial charge in [0.05, 0.1) is 13.2 Å². The predicted octanol–water partition coefficient (Wildman–Crippen LogP) is 7.97. The maximum Gasteiger partial charge on any atom is 0.161 e. The van der Waals surface area contributed by atoms with Crippen LogP contribution in [0.25, 0.3) is 0 Å². The Morgan fingerprint density at radius 2 is 1.44 bits per heavy atom. The standard InChI is InChI=1S/C29H36O3/c1-5-29(4,24-18-19-27(30-6-2)28(22-24)31-7-3)20-12-14-23-13-11-17-26(21-23)32-25-15-9-8-10-16-25/h8-11,13,15-19,21-22H,5-7,12,14,20H2,1-4H3. The van der Waals surface area contributed by atoms with E-state index in [1.54, 1.807) is 0 Å². The molecule has 3 nitrogen and oxygen atoms in total. The van der Waals surface area contributed by atoms with Crippen LogP contribution in [0.5, 0.6) is 23.0 Å². The summed E-state index contributed by atoms with van der Waals surface area (Å²) in [5.74, 6) is 3.42. The molecule has 0 bridgehead atoms. The van der Waals surface area contributed by atoms with Crippen molar-refractivity contribution >= 4 is 0 Å². The van der Waals surface area contributed by atoms with Gasteiger partial charge in [-0.3, -0.25) is 0 Å². The molecule has 0 radical (unpaired) electrons. The molecule has 0 aromatic heterocycles. The van der Waals surface area contributed by atoms with Crippen LogP contribution in [0.3, 0.4) is 0 Å². The highest BCUT2D eigenvalue weighted by Crippen LogP contribution is 2.38. The molecule has 3 aromatic rings. The molecule has 3 rings (SSSR count). The van der Waals surface area contributed by atoms with Crippen molar-refractivity contribution in [2.45, 2.75) is 58.8 Å². The lowest BCUT2D eigenvalue weighted by molar-refractivity contribution is 0.286. The molecular weight excluding hydrogens is 396 g/mol. The number of ether oxygens (including phenoxy) is 3. The summed E-state index contributed by atoms with van der Waals surface area (Å²) < 4.78 is 17.6. The Bertz CT molecular complexity index is 967. The third-order valence-corrected chi connectivity index (χ3v) is 6.09. The summed E-state index contributed by atoms with van der Waals surface area (Å²) in [6.45, 7) is 9.90. The van der Waals surface area contributed by atoms with Crippen LogP contribution < -0.4 is 14.2 Å². The molecule has 0 heterocycles. The van der Waals surface area contributed by atoms with E-state index in [0.29, 0.717) is 13.2 Å². The SMILES string of the molecule is CCOc1ccc(C(C)(CC)CCCc2cccc(Oc3ccccc3)c2)cc1OCC. The van der Waals surface area contributed by atoms with Gasteiger partial charge in [0.25, 0.3) is 0 Å². The maximum atomic E-state index is 6.00. The van der Waals surface area contributed by atoms with Crippen LogP contribution in [0.4, 0.5) is 0 Å². The Morgan fingerprint density at radius 3 is 2.16 bits per heavy atom. The van der Waals surface area contributed by atoms with Crippen molar-refractivity contribution in [1.29, 1.82) is 0 Å². The van der Waals surface area contributed by atoms with Crippen LogP contribution in [-0.4, -0.2) is 13.2 Å². The largest absolute Gasteiger partial charge is 0.490 e. The molecule has 0 saturated carbocycles. The Hall–Kier alpha value is -2.94. The third-order valence-electron chi connectivity index (χ3n) is 6.09. The molecule has 0 saturated heterocycles.